The van der Waals surface area contributed by atoms with Gasteiger partial charge >= 0.3 is 12.0 Å². The van der Waals surface area contributed by atoms with Gasteiger partial charge in [0.1, 0.15) is 0 Å². The molecule has 1 unspecified atom stereocenters. The van der Waals surface area contributed by atoms with E-state index in [1.165, 1.54) is 4.90 Å². The van der Waals surface area contributed by atoms with E-state index in [2.05, 4.69) is 17.2 Å². The molecule has 0 aromatic heterocycles. The second-order valence-electron chi connectivity index (χ2n) is 3.36. The normalized spacial score (nSPS) is 19.3. The first-order valence-corrected chi connectivity index (χ1v) is 4.80. The molecule has 1 aliphatic heterocycles. The summed E-state index contributed by atoms with van der Waals surface area (Å²) in [7, 11) is 0. The second kappa shape index (κ2) is 5.25. The average Bonchev–Trinajstić information content (AvgIpc) is 2.66. The summed E-state index contributed by atoms with van der Waals surface area (Å²) < 4.78 is 0. The zero-order chi connectivity index (χ0) is 11.3. The highest BCUT2D eigenvalue weighted by molar-refractivity contribution is 5.77. The van der Waals surface area contributed by atoms with Gasteiger partial charge in [-0.15, -0.1) is 5.92 Å². The standard InChI is InChI=1S/C10H14N2O3/c1-2-3-5-11-10(15)12-6-4-8(7-12)9(13)14/h8H,4-7H2,1H3,(H,11,15)(H,13,14). The summed E-state index contributed by atoms with van der Waals surface area (Å²) >= 11 is 0. The Balaban J connectivity index is 2.35. The van der Waals surface area contributed by atoms with Gasteiger partial charge in [0, 0.05) is 13.1 Å². The number of carbonyl (C=O) groups is 2. The number of nitrogens with one attached hydrogen (secondary N) is 1. The summed E-state index contributed by atoms with van der Waals surface area (Å²) in [6.45, 7) is 2.80. The minimum atomic E-state index is -0.835. The molecule has 15 heavy (non-hydrogen) atoms. The lowest BCUT2D eigenvalue weighted by Crippen LogP contribution is -2.39. The van der Waals surface area contributed by atoms with Crippen LogP contribution >= 0.6 is 0 Å². The highest BCUT2D eigenvalue weighted by atomic mass is 16.4. The van der Waals surface area contributed by atoms with Crippen LogP contribution in [0.2, 0.25) is 0 Å². The Bertz CT molecular complexity index is 316. The number of hydrogen-bond acceptors (Lipinski definition) is 2. The Kier molecular flexibility index (Phi) is 3.98. The van der Waals surface area contributed by atoms with Crippen molar-refractivity contribution in [2.75, 3.05) is 19.6 Å². The molecule has 0 aromatic rings. The van der Waals surface area contributed by atoms with Crippen molar-refractivity contribution in [3.05, 3.63) is 0 Å². The average molecular weight is 210 g/mol. The van der Waals surface area contributed by atoms with Crippen LogP contribution < -0.4 is 5.32 Å². The van der Waals surface area contributed by atoms with Crippen LogP contribution in [0.1, 0.15) is 13.3 Å². The molecule has 0 radical (unpaired) electrons. The molecule has 1 saturated heterocycles. The number of hydrogen-bond donors (Lipinski definition) is 2. The van der Waals surface area contributed by atoms with Crippen LogP contribution in [-0.4, -0.2) is 41.6 Å². The summed E-state index contributed by atoms with van der Waals surface area (Å²) in [5, 5.41) is 11.4. The highest BCUT2D eigenvalue weighted by Gasteiger charge is 2.30. The number of likely N-dealkylation sites (tertiary alicyclic amines) is 1. The maximum absolute atomic E-state index is 11.4. The Morgan fingerprint density at radius 2 is 2.33 bits per heavy atom. The molecule has 1 aliphatic rings. The molecule has 1 atom stereocenters. The summed E-state index contributed by atoms with van der Waals surface area (Å²) in [5.41, 5.74) is 0. The van der Waals surface area contributed by atoms with Gasteiger partial charge in [0.15, 0.2) is 0 Å². The molecule has 0 aliphatic carbocycles. The van der Waals surface area contributed by atoms with Gasteiger partial charge in [-0.05, 0) is 13.3 Å². The Morgan fingerprint density at radius 3 is 2.87 bits per heavy atom. The van der Waals surface area contributed by atoms with Crippen LogP contribution in [0.4, 0.5) is 4.79 Å². The van der Waals surface area contributed by atoms with Crippen LogP contribution in [0.5, 0.6) is 0 Å². The van der Waals surface area contributed by atoms with E-state index in [9.17, 15) is 9.59 Å². The molecular formula is C10H14N2O3. The molecule has 0 spiro atoms. The quantitative estimate of drug-likeness (QED) is 0.636. The fraction of sp³-hybridized carbons (Fsp3) is 0.600. The molecule has 5 nitrogen and oxygen atoms in total. The van der Waals surface area contributed by atoms with E-state index < -0.39 is 11.9 Å². The Morgan fingerprint density at radius 1 is 1.60 bits per heavy atom. The number of carboxylic acids is 1. The van der Waals surface area contributed by atoms with E-state index in [0.29, 0.717) is 26.1 Å². The third-order valence-corrected chi connectivity index (χ3v) is 2.33. The molecule has 1 heterocycles. The number of nitrogens with zero attached hydrogens (tertiary/aromatic N) is 1. The van der Waals surface area contributed by atoms with Crippen molar-refractivity contribution < 1.29 is 14.7 Å². The van der Waals surface area contributed by atoms with Gasteiger partial charge in [0.05, 0.1) is 12.5 Å². The van der Waals surface area contributed by atoms with Crippen LogP contribution in [0, 0.1) is 17.8 Å². The number of urea groups is 1. The monoisotopic (exact) mass is 210 g/mol. The highest BCUT2D eigenvalue weighted by Crippen LogP contribution is 2.15. The molecule has 2 amide bonds. The summed E-state index contributed by atoms with van der Waals surface area (Å²) in [6, 6.07) is -0.235. The zero-order valence-electron chi connectivity index (χ0n) is 8.62. The van der Waals surface area contributed by atoms with Crippen LogP contribution in [0.25, 0.3) is 0 Å². The van der Waals surface area contributed by atoms with E-state index in [-0.39, 0.29) is 6.03 Å². The van der Waals surface area contributed by atoms with Gasteiger partial charge < -0.3 is 15.3 Å². The van der Waals surface area contributed by atoms with E-state index in [1.807, 2.05) is 0 Å². The molecule has 1 rings (SSSR count). The first-order chi connectivity index (χ1) is 7.15. The van der Waals surface area contributed by atoms with Gasteiger partial charge in [-0.1, -0.05) is 5.92 Å². The van der Waals surface area contributed by atoms with Crippen LogP contribution in [0.15, 0.2) is 0 Å². The molecule has 82 valence electrons. The topological polar surface area (TPSA) is 69.6 Å². The molecule has 1 fully saturated rings. The van der Waals surface area contributed by atoms with Crippen molar-refractivity contribution in [3.8, 4) is 11.8 Å². The molecule has 0 saturated carbocycles. The number of carbonyl (C=O) groups excluding carboxylic acids is 1. The number of aliphatic carboxylic acids is 1. The van der Waals surface area contributed by atoms with Crippen molar-refractivity contribution in [2.24, 2.45) is 5.92 Å². The molecule has 2 N–H and O–H groups in total. The molecule has 0 bridgehead atoms. The SMILES string of the molecule is CC#CCNC(=O)N1CCC(C(=O)O)C1. The maximum Gasteiger partial charge on any atom is 0.318 e. The Labute approximate surface area is 88.4 Å². The number of amides is 2. The van der Waals surface area contributed by atoms with E-state index in [4.69, 9.17) is 5.11 Å². The molecule has 5 heteroatoms. The lowest BCUT2D eigenvalue weighted by atomic mass is 10.1. The van der Waals surface area contributed by atoms with Crippen molar-refractivity contribution in [1.29, 1.82) is 0 Å². The van der Waals surface area contributed by atoms with Crippen molar-refractivity contribution in [3.63, 3.8) is 0 Å². The van der Waals surface area contributed by atoms with E-state index >= 15 is 0 Å². The lowest BCUT2D eigenvalue weighted by Gasteiger charge is -2.15. The first kappa shape index (κ1) is 11.4. The Hall–Kier alpha value is -1.70. The largest absolute Gasteiger partial charge is 0.481 e. The third-order valence-electron chi connectivity index (χ3n) is 2.33. The smallest absolute Gasteiger partial charge is 0.318 e. The predicted octanol–water partition coefficient (Wildman–Crippen LogP) is 0.126. The van der Waals surface area contributed by atoms with E-state index in [1.54, 1.807) is 6.92 Å². The molecular weight excluding hydrogens is 196 g/mol. The minimum absolute atomic E-state index is 0.235. The first-order valence-electron chi connectivity index (χ1n) is 4.80. The summed E-state index contributed by atoms with van der Waals surface area (Å²) in [4.78, 5) is 23.6. The van der Waals surface area contributed by atoms with E-state index in [0.717, 1.165) is 0 Å². The number of rotatable bonds is 2. The van der Waals surface area contributed by atoms with Gasteiger partial charge in [0.2, 0.25) is 0 Å². The summed E-state index contributed by atoms with van der Waals surface area (Å²) in [5.74, 6) is 4.12. The fourth-order valence-electron chi connectivity index (χ4n) is 1.47. The predicted molar refractivity (Wildman–Crippen MR) is 54.2 cm³/mol. The molecule has 0 aromatic carbocycles. The number of carboxylic acid groups (broad SMARTS) is 1. The third kappa shape index (κ3) is 3.17. The fourth-order valence-corrected chi connectivity index (χ4v) is 1.47. The van der Waals surface area contributed by atoms with Crippen LogP contribution in [-0.2, 0) is 4.79 Å². The van der Waals surface area contributed by atoms with Gasteiger partial charge in [0.25, 0.3) is 0 Å². The second-order valence-corrected chi connectivity index (χ2v) is 3.36. The van der Waals surface area contributed by atoms with Crippen molar-refractivity contribution >= 4 is 12.0 Å². The zero-order valence-corrected chi connectivity index (χ0v) is 8.62. The van der Waals surface area contributed by atoms with Crippen LogP contribution in [0.3, 0.4) is 0 Å². The lowest BCUT2D eigenvalue weighted by molar-refractivity contribution is -0.141. The summed E-state index contributed by atoms with van der Waals surface area (Å²) in [6.07, 6.45) is 0.530. The van der Waals surface area contributed by atoms with Crippen molar-refractivity contribution in [2.45, 2.75) is 13.3 Å². The van der Waals surface area contributed by atoms with Crippen molar-refractivity contribution in [1.82, 2.24) is 10.2 Å². The minimum Gasteiger partial charge on any atom is -0.481 e. The maximum atomic E-state index is 11.4. The van der Waals surface area contributed by atoms with Gasteiger partial charge in [-0.2, -0.15) is 0 Å². The van der Waals surface area contributed by atoms with Gasteiger partial charge in [-0.3, -0.25) is 4.79 Å². The van der Waals surface area contributed by atoms with Gasteiger partial charge in [-0.25, -0.2) is 4.79 Å².